The minimum atomic E-state index is -4.43. The molecule has 2 aromatic rings. The monoisotopic (exact) mass is 242 g/mol. The van der Waals surface area contributed by atoms with E-state index in [0.717, 1.165) is 12.3 Å². The van der Waals surface area contributed by atoms with Crippen molar-refractivity contribution in [3.8, 4) is 11.5 Å². The largest absolute Gasteiger partial charge is 0.441 e. The lowest BCUT2D eigenvalue weighted by Gasteiger charge is -2.04. The number of pyridine rings is 1. The molecule has 90 valence electrons. The number of hydrogen-bond acceptors (Lipinski definition) is 3. The van der Waals surface area contributed by atoms with Gasteiger partial charge in [0.05, 0.1) is 11.3 Å². The van der Waals surface area contributed by atoms with E-state index < -0.39 is 11.9 Å². The van der Waals surface area contributed by atoms with E-state index in [-0.39, 0.29) is 5.89 Å². The van der Waals surface area contributed by atoms with Crippen molar-refractivity contribution in [3.05, 3.63) is 35.5 Å². The number of rotatable bonds is 1. The Labute approximate surface area is 95.3 Å². The average molecular weight is 242 g/mol. The Balaban J connectivity index is 2.36. The minimum Gasteiger partial charge on any atom is -0.441 e. The Bertz CT molecular complexity index is 509. The molecule has 17 heavy (non-hydrogen) atoms. The van der Waals surface area contributed by atoms with Gasteiger partial charge in [-0.2, -0.15) is 13.2 Å². The molecule has 0 saturated carbocycles. The minimum absolute atomic E-state index is 0.279. The van der Waals surface area contributed by atoms with E-state index in [4.69, 9.17) is 4.42 Å². The van der Waals surface area contributed by atoms with Gasteiger partial charge in [0.1, 0.15) is 11.5 Å². The van der Waals surface area contributed by atoms with Gasteiger partial charge in [0, 0.05) is 6.20 Å². The summed E-state index contributed by atoms with van der Waals surface area (Å²) in [6.45, 7) is 3.50. The first-order valence-corrected chi connectivity index (χ1v) is 4.85. The van der Waals surface area contributed by atoms with Crippen LogP contribution in [0.2, 0.25) is 0 Å². The molecule has 0 spiro atoms. The van der Waals surface area contributed by atoms with Crippen LogP contribution >= 0.6 is 0 Å². The zero-order valence-corrected chi connectivity index (χ0v) is 9.17. The molecule has 2 heterocycles. The lowest BCUT2D eigenvalue weighted by atomic mass is 10.2. The number of alkyl halides is 3. The second-order valence-electron chi connectivity index (χ2n) is 3.59. The van der Waals surface area contributed by atoms with E-state index in [0.29, 0.717) is 17.0 Å². The second-order valence-corrected chi connectivity index (χ2v) is 3.59. The van der Waals surface area contributed by atoms with Crippen LogP contribution in [0.1, 0.15) is 17.1 Å². The molecule has 0 aromatic carbocycles. The quantitative estimate of drug-likeness (QED) is 0.769. The van der Waals surface area contributed by atoms with E-state index in [9.17, 15) is 13.2 Å². The summed E-state index contributed by atoms with van der Waals surface area (Å²) in [4.78, 5) is 7.42. The van der Waals surface area contributed by atoms with Crippen LogP contribution in [0.25, 0.3) is 11.5 Å². The van der Waals surface area contributed by atoms with Crippen molar-refractivity contribution in [2.45, 2.75) is 20.0 Å². The summed E-state index contributed by atoms with van der Waals surface area (Å²) in [7, 11) is 0. The van der Waals surface area contributed by atoms with E-state index in [1.165, 1.54) is 6.07 Å². The van der Waals surface area contributed by atoms with Gasteiger partial charge in [-0.15, -0.1) is 0 Å². The zero-order chi connectivity index (χ0) is 12.6. The van der Waals surface area contributed by atoms with Crippen molar-refractivity contribution >= 4 is 0 Å². The summed E-state index contributed by atoms with van der Waals surface area (Å²) in [6.07, 6.45) is -3.32. The zero-order valence-electron chi connectivity index (χ0n) is 9.17. The Morgan fingerprint density at radius 2 is 1.88 bits per heavy atom. The lowest BCUT2D eigenvalue weighted by Crippen LogP contribution is -2.07. The van der Waals surface area contributed by atoms with Crippen molar-refractivity contribution in [2.24, 2.45) is 0 Å². The van der Waals surface area contributed by atoms with Crippen LogP contribution in [-0.4, -0.2) is 9.97 Å². The molecule has 0 unspecified atom stereocenters. The normalized spacial score (nSPS) is 11.8. The molecule has 2 aromatic heterocycles. The highest BCUT2D eigenvalue weighted by Gasteiger charge is 2.32. The Hall–Kier alpha value is -1.85. The van der Waals surface area contributed by atoms with Gasteiger partial charge in [0.25, 0.3) is 0 Å². The maximum Gasteiger partial charge on any atom is 0.433 e. The number of aromatic nitrogens is 2. The number of aryl methyl sites for hydroxylation is 2. The Morgan fingerprint density at radius 1 is 1.18 bits per heavy atom. The highest BCUT2D eigenvalue weighted by molar-refractivity contribution is 5.52. The van der Waals surface area contributed by atoms with Gasteiger partial charge in [-0.3, -0.25) is 4.98 Å². The average Bonchev–Trinajstić information content (AvgIpc) is 2.58. The molecule has 2 rings (SSSR count). The predicted molar refractivity (Wildman–Crippen MR) is 54.2 cm³/mol. The maximum atomic E-state index is 12.3. The van der Waals surface area contributed by atoms with Crippen molar-refractivity contribution in [1.29, 1.82) is 0 Å². The summed E-state index contributed by atoms with van der Waals surface area (Å²) in [5, 5.41) is 0. The van der Waals surface area contributed by atoms with E-state index in [2.05, 4.69) is 9.97 Å². The highest BCUT2D eigenvalue weighted by atomic mass is 19.4. The molecule has 0 aliphatic heterocycles. The van der Waals surface area contributed by atoms with Crippen LogP contribution < -0.4 is 0 Å². The van der Waals surface area contributed by atoms with Crippen molar-refractivity contribution in [3.63, 3.8) is 0 Å². The van der Waals surface area contributed by atoms with Crippen LogP contribution in [0.5, 0.6) is 0 Å². The summed E-state index contributed by atoms with van der Waals surface area (Å²) in [5.41, 5.74) is 0.204. The van der Waals surface area contributed by atoms with Gasteiger partial charge in [-0.05, 0) is 26.0 Å². The van der Waals surface area contributed by atoms with Crippen LogP contribution in [0.4, 0.5) is 13.2 Å². The van der Waals surface area contributed by atoms with Gasteiger partial charge in [-0.1, -0.05) is 0 Å². The smallest absolute Gasteiger partial charge is 0.433 e. The first-order valence-electron chi connectivity index (χ1n) is 4.85. The third-order valence-electron chi connectivity index (χ3n) is 2.33. The number of hydrogen-bond donors (Lipinski definition) is 0. The molecule has 3 nitrogen and oxygen atoms in total. The van der Waals surface area contributed by atoms with Crippen LogP contribution in [0, 0.1) is 13.8 Å². The molecular weight excluding hydrogens is 233 g/mol. The van der Waals surface area contributed by atoms with Crippen LogP contribution in [-0.2, 0) is 6.18 Å². The van der Waals surface area contributed by atoms with Crippen LogP contribution in [0.15, 0.2) is 22.7 Å². The fourth-order valence-corrected chi connectivity index (χ4v) is 1.28. The first-order chi connectivity index (χ1) is 7.88. The molecule has 0 aliphatic rings. The fourth-order valence-electron chi connectivity index (χ4n) is 1.28. The maximum absolute atomic E-state index is 12.3. The fraction of sp³-hybridized carbons (Fsp3) is 0.273. The van der Waals surface area contributed by atoms with E-state index in [1.54, 1.807) is 13.8 Å². The van der Waals surface area contributed by atoms with Crippen molar-refractivity contribution in [2.75, 3.05) is 0 Å². The molecule has 0 fully saturated rings. The highest BCUT2D eigenvalue weighted by Crippen LogP contribution is 2.29. The molecule has 0 atom stereocenters. The van der Waals surface area contributed by atoms with Crippen molar-refractivity contribution in [1.82, 2.24) is 9.97 Å². The van der Waals surface area contributed by atoms with E-state index >= 15 is 0 Å². The molecule has 6 heteroatoms. The third-order valence-corrected chi connectivity index (χ3v) is 2.33. The summed E-state index contributed by atoms with van der Waals surface area (Å²) < 4.78 is 42.2. The van der Waals surface area contributed by atoms with Gasteiger partial charge < -0.3 is 4.42 Å². The molecule has 0 amide bonds. The predicted octanol–water partition coefficient (Wildman–Crippen LogP) is 3.37. The summed E-state index contributed by atoms with van der Waals surface area (Å²) in [5.74, 6) is 0.918. The lowest BCUT2D eigenvalue weighted by molar-refractivity contribution is -0.141. The standard InChI is InChI=1S/C11H9F3N2O/c1-6-7(2)17-10(16-6)8-3-4-9(15-5-8)11(12,13)14/h3-5H,1-2H3. The van der Waals surface area contributed by atoms with Gasteiger partial charge in [0.2, 0.25) is 5.89 Å². The SMILES string of the molecule is Cc1nc(-c2ccc(C(F)(F)F)nc2)oc1C. The van der Waals surface area contributed by atoms with Crippen LogP contribution in [0.3, 0.4) is 0 Å². The molecule has 0 radical (unpaired) electrons. The summed E-state index contributed by atoms with van der Waals surface area (Å²) >= 11 is 0. The molecule has 0 saturated heterocycles. The van der Waals surface area contributed by atoms with E-state index in [1.807, 2.05) is 0 Å². The Morgan fingerprint density at radius 3 is 2.29 bits per heavy atom. The topological polar surface area (TPSA) is 38.9 Å². The second kappa shape index (κ2) is 3.87. The van der Waals surface area contributed by atoms with Gasteiger partial charge in [0.15, 0.2) is 0 Å². The number of halogens is 3. The molecule has 0 aliphatic carbocycles. The molecular formula is C11H9F3N2O. The summed E-state index contributed by atoms with van der Waals surface area (Å²) in [6, 6.07) is 2.20. The molecule has 0 N–H and O–H groups in total. The van der Waals surface area contributed by atoms with Crippen molar-refractivity contribution < 1.29 is 17.6 Å². The third kappa shape index (κ3) is 2.30. The first kappa shape index (κ1) is 11.6. The number of nitrogens with zero attached hydrogens (tertiary/aromatic N) is 2. The Kier molecular flexibility index (Phi) is 2.65. The van der Waals surface area contributed by atoms with Gasteiger partial charge >= 0.3 is 6.18 Å². The molecule has 0 bridgehead atoms. The van der Waals surface area contributed by atoms with Gasteiger partial charge in [-0.25, -0.2) is 4.98 Å². The number of oxazole rings is 1.